The van der Waals surface area contributed by atoms with E-state index in [4.69, 9.17) is 0 Å². The predicted molar refractivity (Wildman–Crippen MR) is 115 cm³/mol. The lowest BCUT2D eigenvalue weighted by molar-refractivity contribution is -0.120. The SMILES string of the molecule is CCN(CC)S(=O)(=O)c1ccc(C(C)NC(=O)CNc2ccccc2)cc1.Cl. The van der Waals surface area contributed by atoms with Crippen molar-refractivity contribution >= 4 is 34.0 Å². The van der Waals surface area contributed by atoms with Gasteiger partial charge in [-0.3, -0.25) is 4.79 Å². The fourth-order valence-electron chi connectivity index (χ4n) is 2.76. The molecule has 28 heavy (non-hydrogen) atoms. The molecule has 0 fully saturated rings. The van der Waals surface area contributed by atoms with Gasteiger partial charge in [0.25, 0.3) is 0 Å². The summed E-state index contributed by atoms with van der Waals surface area (Å²) in [7, 11) is -3.47. The summed E-state index contributed by atoms with van der Waals surface area (Å²) in [4.78, 5) is 12.4. The van der Waals surface area contributed by atoms with E-state index in [1.807, 2.05) is 51.1 Å². The van der Waals surface area contributed by atoms with Crippen molar-refractivity contribution < 1.29 is 13.2 Å². The van der Waals surface area contributed by atoms with Crippen molar-refractivity contribution in [2.75, 3.05) is 25.0 Å². The van der Waals surface area contributed by atoms with Gasteiger partial charge in [0.05, 0.1) is 17.5 Å². The largest absolute Gasteiger partial charge is 0.376 e. The van der Waals surface area contributed by atoms with Crippen LogP contribution >= 0.6 is 12.4 Å². The molecule has 2 rings (SSSR count). The Morgan fingerprint density at radius 2 is 1.57 bits per heavy atom. The van der Waals surface area contributed by atoms with Crippen LogP contribution in [-0.2, 0) is 14.8 Å². The van der Waals surface area contributed by atoms with Crippen molar-refractivity contribution in [2.24, 2.45) is 0 Å². The highest BCUT2D eigenvalue weighted by Crippen LogP contribution is 2.19. The molecule has 1 amide bonds. The van der Waals surface area contributed by atoms with Gasteiger partial charge in [0, 0.05) is 18.8 Å². The highest BCUT2D eigenvalue weighted by molar-refractivity contribution is 7.89. The molecule has 0 aromatic heterocycles. The molecule has 0 radical (unpaired) electrons. The summed E-state index contributed by atoms with van der Waals surface area (Å²) in [5, 5.41) is 5.97. The Morgan fingerprint density at radius 1 is 1.00 bits per heavy atom. The van der Waals surface area contributed by atoms with E-state index < -0.39 is 10.0 Å². The molecule has 6 nitrogen and oxygen atoms in total. The zero-order valence-electron chi connectivity index (χ0n) is 16.4. The van der Waals surface area contributed by atoms with Crippen LogP contribution in [0.2, 0.25) is 0 Å². The van der Waals surface area contributed by atoms with Gasteiger partial charge >= 0.3 is 0 Å². The van der Waals surface area contributed by atoms with Crippen molar-refractivity contribution in [1.29, 1.82) is 0 Å². The summed E-state index contributed by atoms with van der Waals surface area (Å²) in [6, 6.07) is 15.9. The Balaban J connectivity index is 0.00000392. The third kappa shape index (κ3) is 6.22. The van der Waals surface area contributed by atoms with Crippen LogP contribution in [0.1, 0.15) is 32.4 Å². The molecule has 154 valence electrons. The molecule has 2 N–H and O–H groups in total. The number of benzene rings is 2. The van der Waals surface area contributed by atoms with Crippen LogP contribution in [0.5, 0.6) is 0 Å². The lowest BCUT2D eigenvalue weighted by atomic mass is 10.1. The summed E-state index contributed by atoms with van der Waals surface area (Å²) < 4.78 is 26.5. The average molecular weight is 426 g/mol. The van der Waals surface area contributed by atoms with Crippen LogP contribution in [0.15, 0.2) is 59.5 Å². The van der Waals surface area contributed by atoms with Gasteiger partial charge in [-0.15, -0.1) is 12.4 Å². The maximum absolute atomic E-state index is 12.5. The molecule has 2 aromatic rings. The van der Waals surface area contributed by atoms with E-state index in [0.29, 0.717) is 13.1 Å². The van der Waals surface area contributed by atoms with Crippen LogP contribution in [0.25, 0.3) is 0 Å². The molecule has 8 heteroatoms. The average Bonchev–Trinajstić information content (AvgIpc) is 2.68. The number of carbonyl (C=O) groups excluding carboxylic acids is 1. The summed E-state index contributed by atoms with van der Waals surface area (Å²) >= 11 is 0. The quantitative estimate of drug-likeness (QED) is 0.645. The van der Waals surface area contributed by atoms with Crippen molar-refractivity contribution in [2.45, 2.75) is 31.7 Å². The van der Waals surface area contributed by atoms with Crippen LogP contribution < -0.4 is 10.6 Å². The highest BCUT2D eigenvalue weighted by Gasteiger charge is 2.21. The molecule has 0 aliphatic rings. The Hall–Kier alpha value is -2.09. The van der Waals surface area contributed by atoms with Crippen molar-refractivity contribution in [3.05, 3.63) is 60.2 Å². The summed E-state index contributed by atoms with van der Waals surface area (Å²) in [6.45, 7) is 6.53. The first-order valence-electron chi connectivity index (χ1n) is 9.06. The number of nitrogens with zero attached hydrogens (tertiary/aromatic N) is 1. The first-order valence-corrected chi connectivity index (χ1v) is 10.5. The zero-order valence-corrected chi connectivity index (χ0v) is 18.0. The number of hydrogen-bond acceptors (Lipinski definition) is 4. The van der Waals surface area contributed by atoms with Gasteiger partial charge in [-0.1, -0.05) is 44.2 Å². The van der Waals surface area contributed by atoms with Gasteiger partial charge < -0.3 is 10.6 Å². The van der Waals surface area contributed by atoms with Crippen LogP contribution in [0.3, 0.4) is 0 Å². The molecule has 0 saturated heterocycles. The Labute approximate surface area is 173 Å². The normalized spacial score (nSPS) is 12.1. The van der Waals surface area contributed by atoms with Gasteiger partial charge in [-0.2, -0.15) is 4.31 Å². The number of hydrogen-bond donors (Lipinski definition) is 2. The maximum Gasteiger partial charge on any atom is 0.243 e. The fourth-order valence-corrected chi connectivity index (χ4v) is 4.21. The van der Waals surface area contributed by atoms with Crippen molar-refractivity contribution in [3.8, 4) is 0 Å². The predicted octanol–water partition coefficient (Wildman–Crippen LogP) is 3.43. The highest BCUT2D eigenvalue weighted by atomic mass is 35.5. The molecule has 2 aromatic carbocycles. The second-order valence-electron chi connectivity index (χ2n) is 6.17. The molecule has 0 aliphatic carbocycles. The summed E-state index contributed by atoms with van der Waals surface area (Å²) in [6.07, 6.45) is 0. The van der Waals surface area contributed by atoms with E-state index in [1.54, 1.807) is 24.3 Å². The Bertz CT molecular complexity index is 839. The lowest BCUT2D eigenvalue weighted by Crippen LogP contribution is -2.32. The summed E-state index contributed by atoms with van der Waals surface area (Å²) in [5.41, 5.74) is 1.73. The number of sulfonamides is 1. The minimum absolute atomic E-state index is 0. The maximum atomic E-state index is 12.5. The van der Waals surface area contributed by atoms with Crippen LogP contribution in [-0.4, -0.2) is 38.3 Å². The third-order valence-corrected chi connectivity index (χ3v) is 6.39. The molecule has 0 bridgehead atoms. The molecule has 0 heterocycles. The molecule has 1 unspecified atom stereocenters. The minimum atomic E-state index is -3.47. The van der Waals surface area contributed by atoms with E-state index in [2.05, 4.69) is 10.6 Å². The number of halogens is 1. The molecule has 0 aliphatic heterocycles. The van der Waals surface area contributed by atoms with Crippen molar-refractivity contribution in [3.63, 3.8) is 0 Å². The van der Waals surface area contributed by atoms with E-state index in [9.17, 15) is 13.2 Å². The van der Waals surface area contributed by atoms with Gasteiger partial charge in [0.15, 0.2) is 0 Å². The topological polar surface area (TPSA) is 78.5 Å². The summed E-state index contributed by atoms with van der Waals surface area (Å²) in [5.74, 6) is -0.133. The van der Waals surface area contributed by atoms with Crippen molar-refractivity contribution in [1.82, 2.24) is 9.62 Å². The standard InChI is InChI=1S/C20H27N3O3S.ClH/c1-4-23(5-2)27(25,26)19-13-11-17(12-14-19)16(3)22-20(24)15-21-18-9-7-6-8-10-18;/h6-14,16,21H,4-5,15H2,1-3H3,(H,22,24);1H. The van der Waals surface area contributed by atoms with Gasteiger partial charge in [-0.25, -0.2) is 8.42 Å². The zero-order chi connectivity index (χ0) is 19.9. The fraction of sp³-hybridized carbons (Fsp3) is 0.350. The second-order valence-corrected chi connectivity index (χ2v) is 8.11. The van der Waals surface area contributed by atoms with E-state index in [0.717, 1.165) is 11.3 Å². The Kier molecular flexibility index (Phi) is 9.45. The number of para-hydroxylation sites is 1. The minimum Gasteiger partial charge on any atom is -0.376 e. The second kappa shape index (κ2) is 11.0. The lowest BCUT2D eigenvalue weighted by Gasteiger charge is -2.19. The van der Waals surface area contributed by atoms with E-state index in [1.165, 1.54) is 4.31 Å². The van der Waals surface area contributed by atoms with Gasteiger partial charge in [0.1, 0.15) is 0 Å². The molecular weight excluding hydrogens is 398 g/mol. The number of rotatable bonds is 9. The molecular formula is C20H28ClN3O3S. The first-order chi connectivity index (χ1) is 12.9. The number of anilines is 1. The van der Waals surface area contributed by atoms with E-state index >= 15 is 0 Å². The smallest absolute Gasteiger partial charge is 0.243 e. The molecule has 0 saturated carbocycles. The van der Waals surface area contributed by atoms with Crippen LogP contribution in [0.4, 0.5) is 5.69 Å². The monoisotopic (exact) mass is 425 g/mol. The first kappa shape index (κ1) is 23.9. The Morgan fingerprint density at radius 3 is 2.11 bits per heavy atom. The third-order valence-electron chi connectivity index (χ3n) is 4.33. The van der Waals surface area contributed by atoms with Gasteiger partial charge in [0.2, 0.25) is 15.9 Å². The van der Waals surface area contributed by atoms with Gasteiger partial charge in [-0.05, 0) is 36.8 Å². The molecule has 0 spiro atoms. The number of amides is 1. The van der Waals surface area contributed by atoms with Crippen LogP contribution in [0, 0.1) is 0 Å². The molecule has 1 atom stereocenters. The number of carbonyl (C=O) groups is 1. The van der Waals surface area contributed by atoms with E-state index in [-0.39, 0.29) is 35.8 Å². The number of nitrogens with one attached hydrogen (secondary N) is 2.